The van der Waals surface area contributed by atoms with Gasteiger partial charge in [-0.25, -0.2) is 0 Å². The quantitative estimate of drug-likeness (QED) is 0.169. The van der Waals surface area contributed by atoms with Gasteiger partial charge in [-0.15, -0.1) is 0 Å². The zero-order chi connectivity index (χ0) is 40.8. The van der Waals surface area contributed by atoms with Gasteiger partial charge in [0.1, 0.15) is 0 Å². The molecule has 0 heterocycles. The van der Waals surface area contributed by atoms with Crippen molar-refractivity contribution in [2.45, 2.75) is 97.3 Å². The van der Waals surface area contributed by atoms with E-state index in [9.17, 15) is 0 Å². The first-order chi connectivity index (χ1) is 27.5. The van der Waals surface area contributed by atoms with Crippen molar-refractivity contribution in [2.75, 3.05) is 4.90 Å². The molecule has 3 aliphatic carbocycles. The van der Waals surface area contributed by atoms with Crippen LogP contribution in [0.5, 0.6) is 0 Å². The van der Waals surface area contributed by atoms with Crippen molar-refractivity contribution in [3.63, 3.8) is 0 Å². The van der Waals surface area contributed by atoms with Crippen LogP contribution in [0.15, 0.2) is 163 Å². The Bertz CT molecular complexity index is 2680. The highest BCUT2D eigenvalue weighted by atomic mass is 15.1. The van der Waals surface area contributed by atoms with Crippen LogP contribution >= 0.6 is 0 Å². The number of nitrogens with zero attached hydrogens (tertiary/aromatic N) is 1. The average molecular weight is 756 g/mol. The third-order valence-electron chi connectivity index (χ3n) is 13.4. The average Bonchev–Trinajstić information content (AvgIpc) is 3.42. The molecule has 0 N–H and O–H groups in total. The molecular formula is C57H57N. The van der Waals surface area contributed by atoms with Gasteiger partial charge in [0, 0.05) is 27.8 Å². The molecule has 1 nitrogen and oxygen atoms in total. The first-order valence-electron chi connectivity index (χ1n) is 21.2. The molecule has 9 rings (SSSR count). The van der Waals surface area contributed by atoms with E-state index in [1.165, 1.54) is 95.0 Å². The lowest BCUT2D eigenvalue weighted by Gasteiger charge is -2.32. The van der Waals surface area contributed by atoms with Gasteiger partial charge >= 0.3 is 0 Å². The molecule has 290 valence electrons. The SMILES string of the molecule is CC(C)(C)c1ccc(-c2ccc(C(C)(C)C)cc2N(C2=CCC3=C(C=C2)c2ccccc2C3(C)C)c2ccc3c(c2)C(C)(C)c2cccc(-c4ccccc4)c2-3)cc1. The Labute approximate surface area is 347 Å². The van der Waals surface area contributed by atoms with Crippen LogP contribution in [0, 0.1) is 0 Å². The van der Waals surface area contributed by atoms with Crippen molar-refractivity contribution in [1.29, 1.82) is 0 Å². The predicted octanol–water partition coefficient (Wildman–Crippen LogP) is 15.6. The van der Waals surface area contributed by atoms with Gasteiger partial charge in [0.05, 0.1) is 5.69 Å². The molecule has 58 heavy (non-hydrogen) atoms. The fraction of sp³-hybridized carbons (Fsp3) is 0.263. The topological polar surface area (TPSA) is 3.24 Å². The molecule has 0 spiro atoms. The lowest BCUT2D eigenvalue weighted by Crippen LogP contribution is -2.21. The number of benzene rings is 6. The third-order valence-corrected chi connectivity index (χ3v) is 13.4. The molecule has 3 aliphatic rings. The number of anilines is 2. The highest BCUT2D eigenvalue weighted by molar-refractivity contribution is 5.95. The fourth-order valence-corrected chi connectivity index (χ4v) is 9.87. The van der Waals surface area contributed by atoms with E-state index in [4.69, 9.17) is 0 Å². The van der Waals surface area contributed by atoms with E-state index in [2.05, 4.69) is 226 Å². The zero-order valence-corrected chi connectivity index (χ0v) is 36.1. The Morgan fingerprint density at radius 3 is 1.83 bits per heavy atom. The van der Waals surface area contributed by atoms with Crippen LogP contribution < -0.4 is 4.90 Å². The molecule has 0 unspecified atom stereocenters. The van der Waals surface area contributed by atoms with Crippen molar-refractivity contribution >= 4 is 16.9 Å². The minimum absolute atomic E-state index is 0.0331. The van der Waals surface area contributed by atoms with E-state index in [0.29, 0.717) is 0 Å². The molecule has 0 atom stereocenters. The summed E-state index contributed by atoms with van der Waals surface area (Å²) in [6.07, 6.45) is 8.16. The van der Waals surface area contributed by atoms with Crippen LogP contribution in [0.25, 0.3) is 39.0 Å². The van der Waals surface area contributed by atoms with E-state index in [-0.39, 0.29) is 21.7 Å². The first kappa shape index (κ1) is 37.9. The fourth-order valence-electron chi connectivity index (χ4n) is 9.87. The maximum Gasteiger partial charge on any atom is 0.0542 e. The second kappa shape index (κ2) is 13.5. The van der Waals surface area contributed by atoms with Crippen LogP contribution in [-0.2, 0) is 21.7 Å². The molecule has 0 bridgehead atoms. The smallest absolute Gasteiger partial charge is 0.0542 e. The summed E-state index contributed by atoms with van der Waals surface area (Å²) in [6, 6.07) is 50.5. The van der Waals surface area contributed by atoms with Crippen molar-refractivity contribution in [2.24, 2.45) is 0 Å². The largest absolute Gasteiger partial charge is 0.310 e. The van der Waals surface area contributed by atoms with Crippen LogP contribution in [0.1, 0.15) is 109 Å². The third kappa shape index (κ3) is 6.13. The van der Waals surface area contributed by atoms with Gasteiger partial charge in [-0.1, -0.05) is 197 Å². The normalized spacial score (nSPS) is 16.3. The number of hydrogen-bond donors (Lipinski definition) is 0. The number of fused-ring (bicyclic) bond motifs is 5. The van der Waals surface area contributed by atoms with Crippen molar-refractivity contribution in [1.82, 2.24) is 0 Å². The summed E-state index contributed by atoms with van der Waals surface area (Å²) in [4.78, 5) is 2.57. The number of allylic oxidation sites excluding steroid dienone is 5. The van der Waals surface area contributed by atoms with Gasteiger partial charge in [-0.2, -0.15) is 0 Å². The van der Waals surface area contributed by atoms with Gasteiger partial charge in [-0.3, -0.25) is 0 Å². The molecule has 0 fully saturated rings. The van der Waals surface area contributed by atoms with E-state index >= 15 is 0 Å². The number of hydrogen-bond acceptors (Lipinski definition) is 1. The Morgan fingerprint density at radius 2 is 1.10 bits per heavy atom. The summed E-state index contributed by atoms with van der Waals surface area (Å²) in [7, 11) is 0. The van der Waals surface area contributed by atoms with Crippen molar-refractivity contribution in [3.05, 3.63) is 196 Å². The van der Waals surface area contributed by atoms with E-state index < -0.39 is 0 Å². The summed E-state index contributed by atoms with van der Waals surface area (Å²) in [5.74, 6) is 0. The lowest BCUT2D eigenvalue weighted by atomic mass is 9.80. The standard InChI is InChI=1S/C57H57N/c1-54(2,3)39-25-23-38(24-26-39)43-31-27-40(55(4,5)6)35-52(43)58(41-28-32-46-45-19-14-15-21-48(45)56(7,8)49(46)34-30-41)42-29-33-47-51(36-42)57(9,10)50-22-16-20-44(53(47)50)37-17-12-11-13-18-37/h11-33,35-36H,34H2,1-10H3. The first-order valence-corrected chi connectivity index (χ1v) is 21.2. The molecule has 1 heteroatoms. The maximum absolute atomic E-state index is 2.57. The molecule has 6 aromatic rings. The molecule has 0 radical (unpaired) electrons. The van der Waals surface area contributed by atoms with E-state index in [1.54, 1.807) is 0 Å². The summed E-state index contributed by atoms with van der Waals surface area (Å²) in [5, 5.41) is 0. The Morgan fingerprint density at radius 1 is 0.483 bits per heavy atom. The maximum atomic E-state index is 2.57. The molecular weight excluding hydrogens is 699 g/mol. The summed E-state index contributed by atoms with van der Waals surface area (Å²) >= 11 is 0. The van der Waals surface area contributed by atoms with Gasteiger partial charge in [0.2, 0.25) is 0 Å². The monoisotopic (exact) mass is 755 g/mol. The summed E-state index contributed by atoms with van der Waals surface area (Å²) in [5.41, 5.74) is 22.1. The Hall–Kier alpha value is -5.66. The lowest BCUT2D eigenvalue weighted by molar-refractivity contribution is 0.590. The summed E-state index contributed by atoms with van der Waals surface area (Å²) < 4.78 is 0. The van der Waals surface area contributed by atoms with E-state index in [0.717, 1.165) is 6.42 Å². The van der Waals surface area contributed by atoms with Gasteiger partial charge < -0.3 is 4.90 Å². The second-order valence-corrected chi connectivity index (χ2v) is 19.8. The highest BCUT2D eigenvalue weighted by Crippen LogP contribution is 2.55. The number of rotatable bonds is 5. The zero-order valence-electron chi connectivity index (χ0n) is 36.1. The Balaban J connectivity index is 1.27. The molecule has 0 aliphatic heterocycles. The summed E-state index contributed by atoms with van der Waals surface area (Å²) in [6.45, 7) is 23.5. The van der Waals surface area contributed by atoms with Crippen molar-refractivity contribution in [3.8, 4) is 33.4 Å². The van der Waals surface area contributed by atoms with Crippen molar-refractivity contribution < 1.29 is 0 Å². The van der Waals surface area contributed by atoms with Crippen LogP contribution in [-0.4, -0.2) is 0 Å². The molecule has 0 saturated heterocycles. The second-order valence-electron chi connectivity index (χ2n) is 19.8. The van der Waals surface area contributed by atoms with Gasteiger partial charge in [-0.05, 0) is 114 Å². The Kier molecular flexibility index (Phi) is 8.79. The molecule has 0 saturated carbocycles. The molecule has 0 aromatic heterocycles. The van der Waals surface area contributed by atoms with Gasteiger partial charge in [0.15, 0.2) is 0 Å². The predicted molar refractivity (Wildman–Crippen MR) is 249 cm³/mol. The minimum Gasteiger partial charge on any atom is -0.310 e. The van der Waals surface area contributed by atoms with Crippen LogP contribution in [0.4, 0.5) is 11.4 Å². The van der Waals surface area contributed by atoms with Crippen LogP contribution in [0.2, 0.25) is 0 Å². The minimum atomic E-state index is -0.180. The van der Waals surface area contributed by atoms with Crippen LogP contribution in [0.3, 0.4) is 0 Å². The van der Waals surface area contributed by atoms with Gasteiger partial charge in [0.25, 0.3) is 0 Å². The van der Waals surface area contributed by atoms with E-state index in [1.807, 2.05) is 0 Å². The molecule has 0 amide bonds. The molecule has 6 aromatic carbocycles. The highest BCUT2D eigenvalue weighted by Gasteiger charge is 2.39.